The number of aryl methyl sites for hydroxylation is 1. The first-order valence-electron chi connectivity index (χ1n) is 9.59. The van der Waals surface area contributed by atoms with Crippen LogP contribution in [0.5, 0.6) is 5.88 Å². The van der Waals surface area contributed by atoms with Crippen LogP contribution in [0.4, 0.5) is 0 Å². The predicted molar refractivity (Wildman–Crippen MR) is 97.3 cm³/mol. The van der Waals surface area contributed by atoms with Crippen molar-refractivity contribution >= 4 is 0 Å². The maximum absolute atomic E-state index is 5.85. The van der Waals surface area contributed by atoms with Gasteiger partial charge in [0.15, 0.2) is 0 Å². The fourth-order valence-electron chi connectivity index (χ4n) is 4.31. The molecule has 0 saturated heterocycles. The van der Waals surface area contributed by atoms with Crippen molar-refractivity contribution in [2.75, 3.05) is 13.1 Å². The molecule has 5 nitrogen and oxygen atoms in total. The summed E-state index contributed by atoms with van der Waals surface area (Å²) in [5.41, 5.74) is 3.82. The number of hydrogen-bond donors (Lipinski definition) is 0. The predicted octanol–water partition coefficient (Wildman–Crippen LogP) is 3.33. The third kappa shape index (κ3) is 3.87. The zero-order chi connectivity index (χ0) is 17.1. The Kier molecular flexibility index (Phi) is 5.02. The summed E-state index contributed by atoms with van der Waals surface area (Å²) in [6, 6.07) is 5.74. The Morgan fingerprint density at radius 2 is 2.08 bits per heavy atom. The Balaban J connectivity index is 1.43. The second-order valence-corrected chi connectivity index (χ2v) is 7.44. The monoisotopic (exact) mass is 340 g/mol. The van der Waals surface area contributed by atoms with Crippen molar-refractivity contribution in [1.29, 1.82) is 0 Å². The first kappa shape index (κ1) is 16.6. The highest BCUT2D eigenvalue weighted by atomic mass is 16.5. The zero-order valence-electron chi connectivity index (χ0n) is 15.2. The summed E-state index contributed by atoms with van der Waals surface area (Å²) in [4.78, 5) is 6.87. The van der Waals surface area contributed by atoms with Crippen molar-refractivity contribution in [3.05, 3.63) is 41.3 Å². The molecular formula is C20H28N4O. The topological polar surface area (TPSA) is 43.2 Å². The number of nitrogens with zero attached hydrogens (tertiary/aromatic N) is 4. The molecule has 1 saturated carbocycles. The van der Waals surface area contributed by atoms with Gasteiger partial charge in [0.05, 0.1) is 0 Å². The summed E-state index contributed by atoms with van der Waals surface area (Å²) in [6.07, 6.45) is 9.93. The van der Waals surface area contributed by atoms with Gasteiger partial charge >= 0.3 is 0 Å². The molecule has 0 unspecified atom stereocenters. The minimum absolute atomic E-state index is 0.497. The number of hydrogen-bond acceptors (Lipinski definition) is 4. The molecule has 2 aromatic heterocycles. The van der Waals surface area contributed by atoms with Gasteiger partial charge in [-0.2, -0.15) is 5.10 Å². The second kappa shape index (κ2) is 7.56. The summed E-state index contributed by atoms with van der Waals surface area (Å²) >= 11 is 0. The van der Waals surface area contributed by atoms with Crippen molar-refractivity contribution in [1.82, 2.24) is 19.7 Å². The van der Waals surface area contributed by atoms with Gasteiger partial charge in [-0.3, -0.25) is 9.58 Å². The van der Waals surface area contributed by atoms with Crippen LogP contribution >= 0.6 is 0 Å². The zero-order valence-corrected chi connectivity index (χ0v) is 15.2. The number of ether oxygens (including phenoxy) is 1. The lowest BCUT2D eigenvalue weighted by molar-refractivity contribution is 0.184. The molecule has 1 aliphatic carbocycles. The largest absolute Gasteiger partial charge is 0.471 e. The van der Waals surface area contributed by atoms with E-state index in [1.165, 1.54) is 49.9 Å². The van der Waals surface area contributed by atoms with Crippen LogP contribution in [-0.2, 0) is 26.6 Å². The summed E-state index contributed by atoms with van der Waals surface area (Å²) in [6.45, 7) is 3.91. The average molecular weight is 340 g/mol. The molecule has 0 N–H and O–H groups in total. The minimum Gasteiger partial charge on any atom is -0.471 e. The van der Waals surface area contributed by atoms with Crippen LogP contribution in [0.2, 0.25) is 0 Å². The minimum atomic E-state index is 0.497. The van der Waals surface area contributed by atoms with E-state index in [-0.39, 0.29) is 0 Å². The van der Waals surface area contributed by atoms with E-state index in [4.69, 9.17) is 9.84 Å². The van der Waals surface area contributed by atoms with E-state index in [2.05, 4.69) is 16.9 Å². The molecule has 2 aliphatic rings. The molecule has 0 bridgehead atoms. The number of fused-ring (bicyclic) bond motifs is 1. The maximum Gasteiger partial charge on any atom is 0.213 e. The number of pyridine rings is 1. The molecular weight excluding hydrogens is 312 g/mol. The highest BCUT2D eigenvalue weighted by Gasteiger charge is 2.26. The molecule has 5 heteroatoms. The quantitative estimate of drug-likeness (QED) is 0.837. The summed E-state index contributed by atoms with van der Waals surface area (Å²) in [5, 5.41) is 4.73. The van der Waals surface area contributed by atoms with E-state index in [0.29, 0.717) is 12.5 Å². The van der Waals surface area contributed by atoms with Gasteiger partial charge in [0.1, 0.15) is 12.3 Å². The van der Waals surface area contributed by atoms with Crippen molar-refractivity contribution in [2.24, 2.45) is 13.0 Å². The van der Waals surface area contributed by atoms with Crippen molar-refractivity contribution in [2.45, 2.75) is 51.7 Å². The van der Waals surface area contributed by atoms with E-state index in [1.54, 1.807) is 6.20 Å². The SMILES string of the molecule is Cn1nc(COc2ccccn2)c2c1CCN(CC1CCCCC1)C2. The van der Waals surface area contributed by atoms with Gasteiger partial charge in [-0.1, -0.05) is 25.3 Å². The van der Waals surface area contributed by atoms with Crippen LogP contribution in [0.25, 0.3) is 0 Å². The van der Waals surface area contributed by atoms with E-state index in [1.807, 2.05) is 22.9 Å². The normalized spacial score (nSPS) is 18.9. The standard InChI is InChI=1S/C20H28N4O/c1-23-19-10-12-24(13-16-7-3-2-4-8-16)14-17(19)18(22-23)15-25-20-9-5-6-11-21-20/h5-6,9,11,16H,2-4,7-8,10,12-15H2,1H3. The molecule has 0 amide bonds. The van der Waals surface area contributed by atoms with Crippen LogP contribution in [0, 0.1) is 5.92 Å². The Morgan fingerprint density at radius 1 is 1.20 bits per heavy atom. The fraction of sp³-hybridized carbons (Fsp3) is 0.600. The Hall–Kier alpha value is -1.88. The Bertz CT molecular complexity index is 691. The molecule has 2 aromatic rings. The molecule has 1 aliphatic heterocycles. The van der Waals surface area contributed by atoms with Gasteiger partial charge in [0, 0.05) is 56.6 Å². The van der Waals surface area contributed by atoms with Crippen LogP contribution in [0.3, 0.4) is 0 Å². The summed E-state index contributed by atoms with van der Waals surface area (Å²) in [7, 11) is 2.06. The smallest absolute Gasteiger partial charge is 0.213 e. The van der Waals surface area contributed by atoms with E-state index < -0.39 is 0 Å². The molecule has 1 fully saturated rings. The maximum atomic E-state index is 5.85. The molecule has 0 radical (unpaired) electrons. The molecule has 0 spiro atoms. The first-order valence-corrected chi connectivity index (χ1v) is 9.59. The molecule has 4 rings (SSSR count). The van der Waals surface area contributed by atoms with Gasteiger partial charge < -0.3 is 4.74 Å². The number of aromatic nitrogens is 3. The molecule has 25 heavy (non-hydrogen) atoms. The lowest BCUT2D eigenvalue weighted by Gasteiger charge is -2.32. The third-order valence-electron chi connectivity index (χ3n) is 5.64. The van der Waals surface area contributed by atoms with Gasteiger partial charge in [0.25, 0.3) is 0 Å². The van der Waals surface area contributed by atoms with Gasteiger partial charge in [0.2, 0.25) is 5.88 Å². The molecule has 0 aromatic carbocycles. The van der Waals surface area contributed by atoms with Crippen LogP contribution in [0.15, 0.2) is 24.4 Å². The van der Waals surface area contributed by atoms with E-state index in [9.17, 15) is 0 Å². The Morgan fingerprint density at radius 3 is 2.88 bits per heavy atom. The summed E-state index contributed by atoms with van der Waals surface area (Å²) < 4.78 is 7.90. The second-order valence-electron chi connectivity index (χ2n) is 7.44. The van der Waals surface area contributed by atoms with Gasteiger partial charge in [-0.15, -0.1) is 0 Å². The molecule has 134 valence electrons. The lowest BCUT2D eigenvalue weighted by Crippen LogP contribution is -2.35. The first-order chi connectivity index (χ1) is 12.3. The van der Waals surface area contributed by atoms with Crippen LogP contribution < -0.4 is 4.74 Å². The van der Waals surface area contributed by atoms with Crippen molar-refractivity contribution in [3.63, 3.8) is 0 Å². The van der Waals surface area contributed by atoms with Gasteiger partial charge in [-0.05, 0) is 24.8 Å². The lowest BCUT2D eigenvalue weighted by atomic mass is 9.88. The van der Waals surface area contributed by atoms with Crippen LogP contribution in [-0.4, -0.2) is 32.8 Å². The highest BCUT2D eigenvalue weighted by molar-refractivity contribution is 5.28. The summed E-state index contributed by atoms with van der Waals surface area (Å²) in [5.74, 6) is 1.55. The van der Waals surface area contributed by atoms with Crippen molar-refractivity contribution in [3.8, 4) is 5.88 Å². The highest BCUT2D eigenvalue weighted by Crippen LogP contribution is 2.28. The van der Waals surface area contributed by atoms with E-state index >= 15 is 0 Å². The number of rotatable bonds is 5. The fourth-order valence-corrected chi connectivity index (χ4v) is 4.31. The van der Waals surface area contributed by atoms with Crippen LogP contribution in [0.1, 0.15) is 49.1 Å². The van der Waals surface area contributed by atoms with E-state index in [0.717, 1.165) is 31.1 Å². The van der Waals surface area contributed by atoms with Gasteiger partial charge in [-0.25, -0.2) is 4.98 Å². The Labute approximate surface area is 150 Å². The third-order valence-corrected chi connectivity index (χ3v) is 5.64. The average Bonchev–Trinajstić information content (AvgIpc) is 2.97. The van der Waals surface area contributed by atoms with Crippen molar-refractivity contribution < 1.29 is 4.74 Å². The molecule has 0 atom stereocenters. The molecule has 3 heterocycles.